The monoisotopic (exact) mass is 309 g/mol. The van der Waals surface area contributed by atoms with Crippen LogP contribution in [0.5, 0.6) is 0 Å². The molecule has 112 valence electrons. The summed E-state index contributed by atoms with van der Waals surface area (Å²) in [4.78, 5) is 11.6. The van der Waals surface area contributed by atoms with Crippen LogP contribution in [0.1, 0.15) is 33.1 Å². The van der Waals surface area contributed by atoms with Crippen LogP contribution in [-0.4, -0.2) is 54.1 Å². The van der Waals surface area contributed by atoms with Crippen molar-refractivity contribution < 1.29 is 18.3 Å². The lowest BCUT2D eigenvalue weighted by Crippen LogP contribution is -2.41. The lowest BCUT2D eigenvalue weighted by molar-refractivity contribution is -0.119. The number of thioether (sulfide) groups is 1. The van der Waals surface area contributed by atoms with Gasteiger partial charge in [0, 0.05) is 11.8 Å². The Labute approximate surface area is 119 Å². The fourth-order valence-corrected chi connectivity index (χ4v) is 5.53. The van der Waals surface area contributed by atoms with Gasteiger partial charge in [-0.1, -0.05) is 13.3 Å². The highest BCUT2D eigenvalue weighted by atomic mass is 32.2. The van der Waals surface area contributed by atoms with Crippen LogP contribution < -0.4 is 5.32 Å². The van der Waals surface area contributed by atoms with E-state index < -0.39 is 15.4 Å². The minimum absolute atomic E-state index is 0.0342. The molecule has 1 heterocycles. The predicted molar refractivity (Wildman–Crippen MR) is 78.1 cm³/mol. The fourth-order valence-electron chi connectivity index (χ4n) is 2.05. The number of rotatable bonds is 7. The topological polar surface area (TPSA) is 83.5 Å². The largest absolute Gasteiger partial charge is 0.388 e. The lowest BCUT2D eigenvalue weighted by atomic mass is 10.0. The number of carbonyl (C=O) groups excluding carboxylic acids is 1. The molecule has 2 atom stereocenters. The molecule has 0 aromatic carbocycles. The molecule has 0 aliphatic carbocycles. The van der Waals surface area contributed by atoms with Crippen molar-refractivity contribution >= 4 is 27.5 Å². The van der Waals surface area contributed by atoms with Gasteiger partial charge >= 0.3 is 0 Å². The highest BCUT2D eigenvalue weighted by molar-refractivity contribution is 8.02. The molecule has 0 aromatic rings. The second kappa shape index (κ2) is 6.95. The van der Waals surface area contributed by atoms with Crippen molar-refractivity contribution in [2.45, 2.75) is 44.0 Å². The standard InChI is InChI=1S/C12H23NO4S2/c1-3-5-12(2,15)9-13-11(14)7-18-10-4-6-19(16,17)8-10/h10,15H,3-9H2,1-2H3,(H,13,14). The summed E-state index contributed by atoms with van der Waals surface area (Å²) in [6, 6.07) is 0. The second-order valence-electron chi connectivity index (χ2n) is 5.36. The summed E-state index contributed by atoms with van der Waals surface area (Å²) in [5.74, 6) is 0.518. The first-order valence-corrected chi connectivity index (χ1v) is 9.42. The van der Waals surface area contributed by atoms with Crippen molar-refractivity contribution in [3.8, 4) is 0 Å². The summed E-state index contributed by atoms with van der Waals surface area (Å²) in [6.07, 6.45) is 2.13. The molecule has 1 rings (SSSR count). The molecule has 1 fully saturated rings. The molecule has 0 saturated carbocycles. The number of hydrogen-bond donors (Lipinski definition) is 2. The summed E-state index contributed by atoms with van der Waals surface area (Å²) in [5, 5.41) is 12.6. The van der Waals surface area contributed by atoms with Crippen molar-refractivity contribution in [1.82, 2.24) is 5.32 Å². The molecule has 0 aromatic heterocycles. The maximum absolute atomic E-state index is 11.6. The summed E-state index contributed by atoms with van der Waals surface area (Å²) in [7, 11) is -2.88. The zero-order valence-corrected chi connectivity index (χ0v) is 13.1. The molecule has 0 bridgehead atoms. The Morgan fingerprint density at radius 2 is 2.21 bits per heavy atom. The summed E-state index contributed by atoms with van der Waals surface area (Å²) in [5.41, 5.74) is -0.869. The van der Waals surface area contributed by atoms with Gasteiger partial charge in [0.15, 0.2) is 9.84 Å². The van der Waals surface area contributed by atoms with E-state index in [-0.39, 0.29) is 35.0 Å². The van der Waals surface area contributed by atoms with Gasteiger partial charge in [-0.2, -0.15) is 0 Å². The zero-order chi connectivity index (χ0) is 14.5. The predicted octanol–water partition coefficient (Wildman–Crippen LogP) is 0.574. The van der Waals surface area contributed by atoms with Crippen molar-refractivity contribution in [2.24, 2.45) is 0 Å². The van der Waals surface area contributed by atoms with Crippen LogP contribution in [0.25, 0.3) is 0 Å². The Bertz CT molecular complexity index is 406. The van der Waals surface area contributed by atoms with Gasteiger partial charge in [0.1, 0.15) is 0 Å². The molecule has 1 amide bonds. The molecule has 7 heteroatoms. The first kappa shape index (κ1) is 16.8. The van der Waals surface area contributed by atoms with E-state index in [9.17, 15) is 18.3 Å². The van der Waals surface area contributed by atoms with Crippen LogP contribution in [0.4, 0.5) is 0 Å². The molecule has 1 saturated heterocycles. The van der Waals surface area contributed by atoms with E-state index in [0.717, 1.165) is 6.42 Å². The van der Waals surface area contributed by atoms with Gasteiger partial charge in [-0.05, 0) is 19.8 Å². The normalized spacial score (nSPS) is 24.9. The summed E-state index contributed by atoms with van der Waals surface area (Å²) in [6.45, 7) is 3.92. The second-order valence-corrected chi connectivity index (χ2v) is 8.88. The van der Waals surface area contributed by atoms with Crippen LogP contribution in [0.3, 0.4) is 0 Å². The van der Waals surface area contributed by atoms with Gasteiger partial charge in [-0.25, -0.2) is 8.42 Å². The van der Waals surface area contributed by atoms with E-state index in [0.29, 0.717) is 12.8 Å². The summed E-state index contributed by atoms with van der Waals surface area (Å²) >= 11 is 1.39. The Morgan fingerprint density at radius 3 is 2.74 bits per heavy atom. The fraction of sp³-hybridized carbons (Fsp3) is 0.917. The van der Waals surface area contributed by atoms with Gasteiger partial charge in [0.25, 0.3) is 0 Å². The lowest BCUT2D eigenvalue weighted by Gasteiger charge is -2.23. The Hall–Kier alpha value is -0.270. The van der Waals surface area contributed by atoms with Crippen molar-refractivity contribution in [3.05, 3.63) is 0 Å². The van der Waals surface area contributed by atoms with Crippen molar-refractivity contribution in [1.29, 1.82) is 0 Å². The van der Waals surface area contributed by atoms with Gasteiger partial charge in [-0.15, -0.1) is 11.8 Å². The number of hydrogen-bond acceptors (Lipinski definition) is 5. The van der Waals surface area contributed by atoms with Crippen LogP contribution in [-0.2, 0) is 14.6 Å². The number of carbonyl (C=O) groups is 1. The van der Waals surface area contributed by atoms with E-state index in [1.807, 2.05) is 6.92 Å². The molecular weight excluding hydrogens is 286 g/mol. The van der Waals surface area contributed by atoms with E-state index in [1.165, 1.54) is 11.8 Å². The van der Waals surface area contributed by atoms with Gasteiger partial charge in [0.2, 0.25) is 5.91 Å². The number of aliphatic hydroxyl groups is 1. The smallest absolute Gasteiger partial charge is 0.230 e. The summed E-state index contributed by atoms with van der Waals surface area (Å²) < 4.78 is 22.5. The molecule has 19 heavy (non-hydrogen) atoms. The van der Waals surface area contributed by atoms with Crippen LogP contribution in [0.2, 0.25) is 0 Å². The van der Waals surface area contributed by atoms with Crippen molar-refractivity contribution in [3.63, 3.8) is 0 Å². The van der Waals surface area contributed by atoms with Crippen LogP contribution >= 0.6 is 11.8 Å². The van der Waals surface area contributed by atoms with Gasteiger partial charge in [0.05, 0.1) is 22.9 Å². The molecule has 0 spiro atoms. The van der Waals surface area contributed by atoms with E-state index >= 15 is 0 Å². The van der Waals surface area contributed by atoms with Gasteiger partial charge < -0.3 is 10.4 Å². The average molecular weight is 309 g/mol. The Balaban J connectivity index is 2.22. The average Bonchev–Trinajstić information content (AvgIpc) is 2.64. The molecule has 5 nitrogen and oxygen atoms in total. The maximum atomic E-state index is 11.6. The van der Waals surface area contributed by atoms with Crippen LogP contribution in [0, 0.1) is 0 Å². The van der Waals surface area contributed by atoms with E-state index in [4.69, 9.17) is 0 Å². The SMILES string of the molecule is CCCC(C)(O)CNC(=O)CSC1CCS(=O)(=O)C1. The molecule has 2 N–H and O–H groups in total. The number of amides is 1. The number of nitrogens with one attached hydrogen (secondary N) is 1. The van der Waals surface area contributed by atoms with Crippen LogP contribution in [0.15, 0.2) is 0 Å². The molecule has 0 radical (unpaired) electrons. The third-order valence-corrected chi connectivity index (χ3v) is 6.38. The highest BCUT2D eigenvalue weighted by Gasteiger charge is 2.28. The first-order valence-electron chi connectivity index (χ1n) is 6.55. The molecule has 1 aliphatic heterocycles. The molecular formula is C12H23NO4S2. The molecule has 2 unspecified atom stereocenters. The highest BCUT2D eigenvalue weighted by Crippen LogP contribution is 2.24. The van der Waals surface area contributed by atoms with Crippen molar-refractivity contribution in [2.75, 3.05) is 23.8 Å². The first-order chi connectivity index (χ1) is 8.74. The number of sulfone groups is 1. The molecule has 1 aliphatic rings. The Kier molecular flexibility index (Phi) is 6.14. The minimum atomic E-state index is -2.88. The van der Waals surface area contributed by atoms with Gasteiger partial charge in [-0.3, -0.25) is 4.79 Å². The van der Waals surface area contributed by atoms with E-state index in [2.05, 4.69) is 5.32 Å². The Morgan fingerprint density at radius 1 is 1.53 bits per heavy atom. The third kappa shape index (κ3) is 6.63. The minimum Gasteiger partial charge on any atom is -0.388 e. The zero-order valence-electron chi connectivity index (χ0n) is 11.5. The quantitative estimate of drug-likeness (QED) is 0.718. The van der Waals surface area contributed by atoms with E-state index in [1.54, 1.807) is 6.92 Å². The third-order valence-electron chi connectivity index (χ3n) is 3.10. The maximum Gasteiger partial charge on any atom is 0.230 e.